The van der Waals surface area contributed by atoms with Crippen LogP contribution in [0.3, 0.4) is 0 Å². The van der Waals surface area contributed by atoms with Gasteiger partial charge in [0.05, 0.1) is 5.75 Å². The van der Waals surface area contributed by atoms with E-state index < -0.39 is 0 Å². The molecule has 2 heterocycles. The summed E-state index contributed by atoms with van der Waals surface area (Å²) in [4.78, 5) is 14.7. The molecule has 3 aromatic carbocycles. The number of likely N-dealkylation sites (tertiary alicyclic amines) is 1. The molecule has 1 N–H and O–H groups in total. The lowest BCUT2D eigenvalue weighted by Gasteiger charge is -2.32. The number of aromatic nitrogens is 2. The number of amides is 1. The summed E-state index contributed by atoms with van der Waals surface area (Å²) < 4.78 is 6.62. The highest BCUT2D eigenvalue weighted by Crippen LogP contribution is 2.30. The Labute approximate surface area is 219 Å². The van der Waals surface area contributed by atoms with Crippen LogP contribution in [0.5, 0.6) is 11.5 Å². The molecule has 8 heteroatoms. The van der Waals surface area contributed by atoms with Crippen LogP contribution >= 0.6 is 23.1 Å². The first-order chi connectivity index (χ1) is 17.7. The van der Waals surface area contributed by atoms with E-state index in [0.717, 1.165) is 53.9 Å². The van der Waals surface area contributed by atoms with Crippen LogP contribution in [0.25, 0.3) is 0 Å². The van der Waals surface area contributed by atoms with E-state index in [4.69, 9.17) is 4.74 Å². The molecule has 1 aliphatic heterocycles. The van der Waals surface area contributed by atoms with Gasteiger partial charge in [0.25, 0.3) is 0 Å². The van der Waals surface area contributed by atoms with E-state index in [1.54, 1.807) is 0 Å². The third-order valence-corrected chi connectivity index (χ3v) is 8.10. The number of carbonyl (C=O) groups is 1. The Morgan fingerprint density at radius 1 is 0.917 bits per heavy atom. The van der Waals surface area contributed by atoms with Crippen molar-refractivity contribution in [1.29, 1.82) is 0 Å². The number of nitrogens with one attached hydrogen (secondary N) is 1. The maximum atomic E-state index is 12.7. The molecule has 1 amide bonds. The van der Waals surface area contributed by atoms with Gasteiger partial charge < -0.3 is 15.0 Å². The van der Waals surface area contributed by atoms with Crippen molar-refractivity contribution in [3.8, 4) is 11.5 Å². The lowest BCUT2D eigenvalue weighted by molar-refractivity contribution is -0.129. The number of hydrogen-bond acceptors (Lipinski definition) is 7. The average molecular weight is 517 g/mol. The summed E-state index contributed by atoms with van der Waals surface area (Å²) in [5.74, 6) is 2.79. The lowest BCUT2D eigenvalue weighted by atomic mass is 9.90. The number of carbonyl (C=O) groups excluding carboxylic acids is 1. The summed E-state index contributed by atoms with van der Waals surface area (Å²) in [5, 5.41) is 12.4. The molecular formula is C28H28N4O2S2. The molecular weight excluding hydrogens is 488 g/mol. The summed E-state index contributed by atoms with van der Waals surface area (Å²) in [5.41, 5.74) is 2.28. The van der Waals surface area contributed by atoms with Crippen molar-refractivity contribution in [2.75, 3.05) is 24.2 Å². The van der Waals surface area contributed by atoms with Crippen molar-refractivity contribution in [2.24, 2.45) is 5.92 Å². The average Bonchev–Trinajstić information content (AvgIpc) is 3.37. The van der Waals surface area contributed by atoms with Gasteiger partial charge in [-0.3, -0.25) is 4.79 Å². The molecule has 0 saturated carbocycles. The van der Waals surface area contributed by atoms with Gasteiger partial charge in [0, 0.05) is 18.8 Å². The van der Waals surface area contributed by atoms with Crippen LogP contribution in [-0.4, -0.2) is 39.8 Å². The zero-order valence-corrected chi connectivity index (χ0v) is 21.5. The second-order valence-corrected chi connectivity index (χ2v) is 10.9. The number of rotatable bonds is 9. The third kappa shape index (κ3) is 6.86. The van der Waals surface area contributed by atoms with Gasteiger partial charge >= 0.3 is 0 Å². The molecule has 4 aromatic rings. The Kier molecular flexibility index (Phi) is 8.15. The molecule has 0 spiro atoms. The van der Waals surface area contributed by atoms with E-state index >= 15 is 0 Å². The topological polar surface area (TPSA) is 67.3 Å². The number of ether oxygens (including phenoxy) is 1. The predicted molar refractivity (Wildman–Crippen MR) is 146 cm³/mol. The summed E-state index contributed by atoms with van der Waals surface area (Å²) in [7, 11) is 0. The highest BCUT2D eigenvalue weighted by molar-refractivity contribution is 8.01. The van der Waals surface area contributed by atoms with E-state index in [9.17, 15) is 4.79 Å². The Morgan fingerprint density at radius 3 is 2.31 bits per heavy atom. The molecule has 0 radical (unpaired) electrons. The standard InChI is InChI=1S/C28H28N4O2S2/c33-26(32-17-15-22(16-18-32)19-21-7-3-1-4-8-21)20-35-28-31-30-27(36-28)29-23-11-13-25(14-12-23)34-24-9-5-2-6-10-24/h1-14,22H,15-20H2,(H,29,30). The van der Waals surface area contributed by atoms with Crippen molar-refractivity contribution in [3.05, 3.63) is 90.5 Å². The molecule has 1 saturated heterocycles. The highest BCUT2D eigenvalue weighted by atomic mass is 32.2. The number of anilines is 2. The SMILES string of the molecule is O=C(CSc1nnc(Nc2ccc(Oc3ccccc3)cc2)s1)N1CCC(Cc2ccccc2)CC1. The van der Waals surface area contributed by atoms with Crippen LogP contribution in [0.15, 0.2) is 89.3 Å². The molecule has 184 valence electrons. The van der Waals surface area contributed by atoms with Gasteiger partial charge in [-0.1, -0.05) is 71.6 Å². The number of thioether (sulfide) groups is 1. The second kappa shape index (κ2) is 12.1. The van der Waals surface area contributed by atoms with Gasteiger partial charge in [0.15, 0.2) is 4.34 Å². The van der Waals surface area contributed by atoms with Gasteiger partial charge in [-0.05, 0) is 67.1 Å². The van der Waals surface area contributed by atoms with E-state index in [1.807, 2.05) is 59.5 Å². The summed E-state index contributed by atoms with van der Waals surface area (Å²) >= 11 is 2.91. The zero-order chi connectivity index (χ0) is 24.6. The van der Waals surface area contributed by atoms with Crippen molar-refractivity contribution >= 4 is 39.8 Å². The van der Waals surface area contributed by atoms with Crippen LogP contribution < -0.4 is 10.1 Å². The molecule has 1 fully saturated rings. The van der Waals surface area contributed by atoms with E-state index in [0.29, 0.717) is 16.8 Å². The molecule has 0 unspecified atom stereocenters. The molecule has 1 aliphatic rings. The third-order valence-electron chi connectivity index (χ3n) is 6.14. The van der Waals surface area contributed by atoms with Crippen molar-refractivity contribution in [3.63, 3.8) is 0 Å². The molecule has 5 rings (SSSR count). The van der Waals surface area contributed by atoms with Crippen LogP contribution in [0, 0.1) is 5.92 Å². The molecule has 0 atom stereocenters. The quantitative estimate of drug-likeness (QED) is 0.251. The maximum Gasteiger partial charge on any atom is 0.233 e. The van der Waals surface area contributed by atoms with E-state index in [2.05, 4.69) is 45.8 Å². The molecule has 0 aliphatic carbocycles. The second-order valence-electron chi connectivity index (χ2n) is 8.74. The predicted octanol–water partition coefficient (Wildman–Crippen LogP) is 6.65. The molecule has 6 nitrogen and oxygen atoms in total. The number of benzene rings is 3. The number of para-hydroxylation sites is 1. The Balaban J connectivity index is 1.05. The van der Waals surface area contributed by atoms with E-state index in [1.165, 1.54) is 28.7 Å². The van der Waals surface area contributed by atoms with Crippen LogP contribution in [-0.2, 0) is 11.2 Å². The van der Waals surface area contributed by atoms with Crippen molar-refractivity contribution < 1.29 is 9.53 Å². The summed E-state index contributed by atoms with van der Waals surface area (Å²) in [6.45, 7) is 1.67. The number of nitrogens with zero attached hydrogens (tertiary/aromatic N) is 3. The van der Waals surface area contributed by atoms with Gasteiger partial charge in [-0.2, -0.15) is 0 Å². The molecule has 0 bridgehead atoms. The van der Waals surface area contributed by atoms with Crippen molar-refractivity contribution in [2.45, 2.75) is 23.6 Å². The van der Waals surface area contributed by atoms with Crippen molar-refractivity contribution in [1.82, 2.24) is 15.1 Å². The first kappa shape index (κ1) is 24.3. The fourth-order valence-corrected chi connectivity index (χ4v) is 5.90. The van der Waals surface area contributed by atoms with Crippen LogP contribution in [0.4, 0.5) is 10.8 Å². The Bertz CT molecular complexity index is 1240. The molecule has 36 heavy (non-hydrogen) atoms. The monoisotopic (exact) mass is 516 g/mol. The largest absolute Gasteiger partial charge is 0.457 e. The number of hydrogen-bond donors (Lipinski definition) is 1. The van der Waals surface area contributed by atoms with Gasteiger partial charge in [0.2, 0.25) is 11.0 Å². The van der Waals surface area contributed by atoms with Gasteiger partial charge in [-0.15, -0.1) is 10.2 Å². The first-order valence-electron chi connectivity index (χ1n) is 12.1. The Hall–Kier alpha value is -3.36. The smallest absolute Gasteiger partial charge is 0.233 e. The first-order valence-corrected chi connectivity index (χ1v) is 13.9. The van der Waals surface area contributed by atoms with Gasteiger partial charge in [-0.25, -0.2) is 0 Å². The van der Waals surface area contributed by atoms with Gasteiger partial charge in [0.1, 0.15) is 11.5 Å². The lowest BCUT2D eigenvalue weighted by Crippen LogP contribution is -2.39. The summed E-state index contributed by atoms with van der Waals surface area (Å²) in [6.07, 6.45) is 3.22. The Morgan fingerprint density at radius 2 is 1.58 bits per heavy atom. The minimum absolute atomic E-state index is 0.178. The van der Waals surface area contributed by atoms with Crippen LogP contribution in [0.1, 0.15) is 18.4 Å². The fraction of sp³-hybridized carbons (Fsp3) is 0.250. The van der Waals surface area contributed by atoms with E-state index in [-0.39, 0.29) is 5.91 Å². The molecule has 1 aromatic heterocycles. The number of piperidine rings is 1. The van der Waals surface area contributed by atoms with Crippen LogP contribution in [0.2, 0.25) is 0 Å². The normalized spacial score (nSPS) is 13.9. The summed E-state index contributed by atoms with van der Waals surface area (Å²) in [6, 6.07) is 28.0. The maximum absolute atomic E-state index is 12.7. The fourth-order valence-electron chi connectivity index (χ4n) is 4.22. The minimum atomic E-state index is 0.178. The highest BCUT2D eigenvalue weighted by Gasteiger charge is 2.23. The minimum Gasteiger partial charge on any atom is -0.457 e. The zero-order valence-electron chi connectivity index (χ0n) is 19.9.